The van der Waals surface area contributed by atoms with E-state index in [0.29, 0.717) is 5.56 Å². The predicted molar refractivity (Wildman–Crippen MR) is 113 cm³/mol. The second-order valence-corrected chi connectivity index (χ2v) is 8.13. The third-order valence-corrected chi connectivity index (χ3v) is 5.59. The summed E-state index contributed by atoms with van der Waals surface area (Å²) in [6, 6.07) is 4.33. The van der Waals surface area contributed by atoms with Gasteiger partial charge in [0, 0.05) is 30.3 Å². The van der Waals surface area contributed by atoms with E-state index in [9.17, 15) is 29.1 Å². The molecule has 0 saturated carbocycles. The quantitative estimate of drug-likeness (QED) is 0.307. The van der Waals surface area contributed by atoms with E-state index in [2.05, 4.69) is 12.6 Å². The maximum absolute atomic E-state index is 12.6. The van der Waals surface area contributed by atoms with Gasteiger partial charge < -0.3 is 19.4 Å². The van der Waals surface area contributed by atoms with Gasteiger partial charge in [-0.25, -0.2) is 4.79 Å². The Bertz CT molecular complexity index is 804. The smallest absolute Gasteiger partial charge is 0.339 e. The number of Topliss-reactive ketones (excluding diaryl/α,β-unsaturated/α-hetero) is 2. The number of thioether (sulfide) groups is 1. The number of carboxylic acid groups (broad SMARTS) is 1. The number of esters is 1. The van der Waals surface area contributed by atoms with Crippen LogP contribution in [-0.4, -0.2) is 45.2 Å². The van der Waals surface area contributed by atoms with E-state index >= 15 is 0 Å². The van der Waals surface area contributed by atoms with Crippen molar-refractivity contribution in [1.29, 1.82) is 0 Å². The van der Waals surface area contributed by atoms with Crippen LogP contribution in [0.1, 0.15) is 42.6 Å². The molecule has 158 valence electrons. The third-order valence-electron chi connectivity index (χ3n) is 3.96. The van der Waals surface area contributed by atoms with Gasteiger partial charge in [0.15, 0.2) is 5.12 Å². The van der Waals surface area contributed by atoms with Crippen LogP contribution in [0.25, 0.3) is 0 Å². The zero-order valence-corrected chi connectivity index (χ0v) is 18.2. The molecule has 0 fully saturated rings. The first kappa shape index (κ1) is 24.9. The minimum atomic E-state index is -1.25. The average Bonchev–Trinajstić information content (AvgIpc) is 2.62. The normalized spacial score (nSPS) is 12.7. The Morgan fingerprint density at radius 3 is 2.17 bits per heavy atom. The molecule has 0 aromatic heterocycles. The van der Waals surface area contributed by atoms with Crippen LogP contribution in [-0.2, 0) is 19.2 Å². The van der Waals surface area contributed by atoms with Crippen molar-refractivity contribution in [2.24, 2.45) is 11.8 Å². The van der Waals surface area contributed by atoms with Gasteiger partial charge in [0.25, 0.3) is 0 Å². The van der Waals surface area contributed by atoms with Crippen LogP contribution in [0.15, 0.2) is 18.2 Å². The summed E-state index contributed by atoms with van der Waals surface area (Å²) < 4.78 is 5.27. The van der Waals surface area contributed by atoms with Gasteiger partial charge in [-0.3, -0.25) is 9.59 Å². The van der Waals surface area contributed by atoms with Gasteiger partial charge in [0.05, 0.1) is 5.92 Å². The van der Waals surface area contributed by atoms with Crippen molar-refractivity contribution in [3.63, 3.8) is 0 Å². The SMILES string of the molecule is CC(=O)CC(CSC(=O)C(CS)CC(C)=O)C(=O)Oc1cc(C)ccc1C(=O)O. The van der Waals surface area contributed by atoms with Gasteiger partial charge in [-0.15, -0.1) is 0 Å². The highest BCUT2D eigenvalue weighted by Crippen LogP contribution is 2.25. The largest absolute Gasteiger partial charge is 0.478 e. The molecule has 0 aliphatic heterocycles. The number of hydrogen-bond acceptors (Lipinski definition) is 8. The Morgan fingerprint density at radius 2 is 1.66 bits per heavy atom. The van der Waals surface area contributed by atoms with Crippen LogP contribution in [0.4, 0.5) is 0 Å². The number of rotatable bonds is 11. The van der Waals surface area contributed by atoms with Crippen molar-refractivity contribution in [2.75, 3.05) is 11.5 Å². The van der Waals surface area contributed by atoms with Gasteiger partial charge >= 0.3 is 11.9 Å². The van der Waals surface area contributed by atoms with E-state index in [4.69, 9.17) is 4.74 Å². The van der Waals surface area contributed by atoms with Crippen molar-refractivity contribution in [2.45, 2.75) is 33.6 Å². The van der Waals surface area contributed by atoms with E-state index in [1.165, 1.54) is 26.0 Å². The second kappa shape index (κ2) is 11.8. The Labute approximate surface area is 179 Å². The number of aryl methyl sites for hydroxylation is 1. The summed E-state index contributed by atoms with van der Waals surface area (Å²) in [7, 11) is 0. The number of thiol groups is 1. The summed E-state index contributed by atoms with van der Waals surface area (Å²) in [5.74, 6) is -3.89. The van der Waals surface area contributed by atoms with Crippen LogP contribution in [0.5, 0.6) is 5.75 Å². The predicted octanol–water partition coefficient (Wildman–Crippen LogP) is 2.98. The molecule has 29 heavy (non-hydrogen) atoms. The molecule has 0 aliphatic rings. The van der Waals surface area contributed by atoms with Crippen molar-refractivity contribution in [3.8, 4) is 5.75 Å². The van der Waals surface area contributed by atoms with Crippen molar-refractivity contribution >= 4 is 53.0 Å². The summed E-state index contributed by atoms with van der Waals surface area (Å²) in [5, 5.41) is 8.97. The minimum absolute atomic E-state index is 0.0202. The standard InChI is InChI=1S/C20H24O7S2/c1-11-4-5-16(18(23)24)17(6-11)27-19(25)15(8-13(3)22)10-29-20(26)14(9-28)7-12(2)21/h4-6,14-15,28H,7-10H2,1-3H3,(H,23,24). The third kappa shape index (κ3) is 8.41. The highest BCUT2D eigenvalue weighted by molar-refractivity contribution is 8.13. The molecule has 7 nitrogen and oxygen atoms in total. The maximum atomic E-state index is 12.6. The molecule has 9 heteroatoms. The first-order chi connectivity index (χ1) is 13.5. The Morgan fingerprint density at radius 1 is 1.07 bits per heavy atom. The molecule has 1 rings (SSSR count). The van der Waals surface area contributed by atoms with Crippen LogP contribution in [0, 0.1) is 18.8 Å². The van der Waals surface area contributed by atoms with Crippen LogP contribution >= 0.6 is 24.4 Å². The fraction of sp³-hybridized carbons (Fsp3) is 0.450. The minimum Gasteiger partial charge on any atom is -0.478 e. The average molecular weight is 441 g/mol. The van der Waals surface area contributed by atoms with Crippen molar-refractivity contribution < 1.29 is 33.8 Å². The summed E-state index contributed by atoms with van der Waals surface area (Å²) >= 11 is 4.93. The molecule has 0 aliphatic carbocycles. The number of ether oxygens (including phenoxy) is 1. The molecular formula is C20H24O7S2. The lowest BCUT2D eigenvalue weighted by atomic mass is 10.1. The summed E-state index contributed by atoms with van der Waals surface area (Å²) in [6.45, 7) is 4.41. The summed E-state index contributed by atoms with van der Waals surface area (Å²) in [6.07, 6.45) is -0.0893. The number of hydrogen-bond donors (Lipinski definition) is 2. The number of benzene rings is 1. The van der Waals surface area contributed by atoms with E-state index in [0.717, 1.165) is 11.8 Å². The number of aromatic carboxylic acids is 1. The van der Waals surface area contributed by atoms with E-state index in [-0.39, 0.29) is 52.3 Å². The van der Waals surface area contributed by atoms with Gasteiger partial charge in [-0.1, -0.05) is 17.8 Å². The lowest BCUT2D eigenvalue weighted by Gasteiger charge is -2.17. The summed E-state index contributed by atoms with van der Waals surface area (Å²) in [5.41, 5.74) is 0.525. The molecule has 0 radical (unpaired) electrons. The number of carbonyl (C=O) groups excluding carboxylic acids is 4. The van der Waals surface area contributed by atoms with E-state index < -0.39 is 23.8 Å². The molecule has 0 spiro atoms. The number of ketones is 2. The Balaban J connectivity index is 2.93. The fourth-order valence-electron chi connectivity index (χ4n) is 2.51. The molecule has 1 N–H and O–H groups in total. The van der Waals surface area contributed by atoms with Crippen molar-refractivity contribution in [1.82, 2.24) is 0 Å². The lowest BCUT2D eigenvalue weighted by molar-refractivity contribution is -0.140. The zero-order chi connectivity index (χ0) is 22.1. The Kier molecular flexibility index (Phi) is 10.1. The molecule has 0 amide bonds. The molecule has 0 bridgehead atoms. The zero-order valence-electron chi connectivity index (χ0n) is 16.5. The highest BCUT2D eigenvalue weighted by atomic mass is 32.2. The van der Waals surface area contributed by atoms with Crippen LogP contribution in [0.3, 0.4) is 0 Å². The van der Waals surface area contributed by atoms with Gasteiger partial charge in [0.2, 0.25) is 0 Å². The first-order valence-electron chi connectivity index (χ1n) is 8.87. The lowest BCUT2D eigenvalue weighted by Crippen LogP contribution is -2.27. The van der Waals surface area contributed by atoms with Crippen LogP contribution < -0.4 is 4.74 Å². The molecule has 1 aromatic rings. The molecule has 0 heterocycles. The number of carboxylic acids is 1. The number of carbonyl (C=O) groups is 5. The van der Waals surface area contributed by atoms with Crippen molar-refractivity contribution in [3.05, 3.63) is 29.3 Å². The molecule has 2 atom stereocenters. The molecule has 1 aromatic carbocycles. The first-order valence-corrected chi connectivity index (χ1v) is 10.5. The fourth-order valence-corrected chi connectivity index (χ4v) is 3.95. The van der Waals surface area contributed by atoms with E-state index in [1.807, 2.05) is 0 Å². The monoisotopic (exact) mass is 440 g/mol. The van der Waals surface area contributed by atoms with E-state index in [1.54, 1.807) is 13.0 Å². The molecule has 2 unspecified atom stereocenters. The van der Waals surface area contributed by atoms with Gasteiger partial charge in [0.1, 0.15) is 22.9 Å². The molecular weight excluding hydrogens is 416 g/mol. The van der Waals surface area contributed by atoms with Crippen LogP contribution in [0.2, 0.25) is 0 Å². The summed E-state index contributed by atoms with van der Waals surface area (Å²) in [4.78, 5) is 59.1. The second-order valence-electron chi connectivity index (χ2n) is 6.74. The maximum Gasteiger partial charge on any atom is 0.339 e. The van der Waals surface area contributed by atoms with Gasteiger partial charge in [-0.2, -0.15) is 12.6 Å². The molecule has 0 saturated heterocycles. The highest BCUT2D eigenvalue weighted by Gasteiger charge is 2.27. The Hall–Kier alpha value is -2.13. The van der Waals surface area contributed by atoms with Gasteiger partial charge in [-0.05, 0) is 38.5 Å². The topological polar surface area (TPSA) is 115 Å².